The van der Waals surface area contributed by atoms with Gasteiger partial charge in [-0.15, -0.1) is 0 Å². The summed E-state index contributed by atoms with van der Waals surface area (Å²) in [5.74, 6) is 0.447. The number of nitriles is 1. The average Bonchev–Trinajstić information content (AvgIpc) is 3.02. The summed E-state index contributed by atoms with van der Waals surface area (Å²) in [6, 6.07) is 16.2. The average molecular weight is 603 g/mol. The number of ether oxygens (including phenoxy) is 2. The topological polar surface area (TPSA) is 140 Å². The van der Waals surface area contributed by atoms with Crippen LogP contribution in [0.2, 0.25) is 0 Å². The predicted octanol–water partition coefficient (Wildman–Crippen LogP) is 2.37. The van der Waals surface area contributed by atoms with Crippen molar-refractivity contribution in [1.29, 1.82) is 5.26 Å². The highest BCUT2D eigenvalue weighted by Crippen LogP contribution is 2.29. The molecule has 0 spiro atoms. The number of nitrogens with one attached hydrogen (secondary N) is 1. The van der Waals surface area contributed by atoms with Crippen molar-refractivity contribution >= 4 is 23.2 Å². The quantitative estimate of drug-likeness (QED) is 0.393. The lowest BCUT2D eigenvalue weighted by molar-refractivity contribution is -0.138. The van der Waals surface area contributed by atoms with E-state index in [4.69, 9.17) is 14.6 Å². The van der Waals surface area contributed by atoms with Crippen molar-refractivity contribution in [2.75, 3.05) is 62.8 Å². The zero-order valence-electron chi connectivity index (χ0n) is 24.5. The molecule has 1 aromatic heterocycles. The Morgan fingerprint density at radius 3 is 2.66 bits per heavy atom. The number of hydrogen-bond acceptors (Lipinski definition) is 11. The molecule has 44 heavy (non-hydrogen) atoms. The van der Waals surface area contributed by atoms with Crippen molar-refractivity contribution in [2.45, 2.75) is 37.7 Å². The Labute approximate surface area is 255 Å². The normalized spacial score (nSPS) is 22.6. The second-order valence-corrected chi connectivity index (χ2v) is 11.3. The molecule has 12 nitrogen and oxygen atoms in total. The highest BCUT2D eigenvalue weighted by atomic mass is 19.1. The number of likely N-dealkylation sites (tertiary alicyclic amines) is 1. The minimum Gasteiger partial charge on any atom is -0.486 e. The number of nitrogens with zero attached hydrogens (tertiary/aromatic N) is 7. The molecular formula is C31H35FN8O4. The molecule has 3 aliphatic rings. The number of carbonyl (C=O) groups is 1. The van der Waals surface area contributed by atoms with Crippen LogP contribution in [0.4, 0.5) is 21.7 Å². The summed E-state index contributed by atoms with van der Waals surface area (Å²) in [4.78, 5) is 31.0. The van der Waals surface area contributed by atoms with Crippen molar-refractivity contribution < 1.29 is 23.8 Å². The maximum Gasteiger partial charge on any atom is 0.248 e. The molecular weight excluding hydrogens is 567 g/mol. The minimum absolute atomic E-state index is 0.167. The summed E-state index contributed by atoms with van der Waals surface area (Å²) in [6.07, 6.45) is -0.614. The second-order valence-electron chi connectivity index (χ2n) is 11.3. The standard InChI is InChI=1S/C31H35FN8O4/c1-20-14-38(10-11-40(20)25-17-43-18-25)24-5-3-23(4-6-24)36-31-35-19-34-30(37-31)21-2-7-27(22(12-21)13-33)44-28-8-9-39(15-26(28)32)29(42)16-41/h2-7,12,19-20,25-26,28,41H,8-11,14-18H2,1H3,(H,34,35,36,37)/t20?,26?,28-/m0/s1. The number of rotatable bonds is 8. The van der Waals surface area contributed by atoms with Crippen LogP contribution in [-0.2, 0) is 9.53 Å². The third kappa shape index (κ3) is 6.42. The molecule has 1 amide bonds. The molecule has 2 aromatic carbocycles. The van der Waals surface area contributed by atoms with Crippen LogP contribution in [0.1, 0.15) is 18.9 Å². The Morgan fingerprint density at radius 1 is 1.16 bits per heavy atom. The van der Waals surface area contributed by atoms with Crippen LogP contribution in [0.3, 0.4) is 0 Å². The summed E-state index contributed by atoms with van der Waals surface area (Å²) >= 11 is 0. The third-order valence-electron chi connectivity index (χ3n) is 8.44. The van der Waals surface area contributed by atoms with Crippen molar-refractivity contribution in [2.24, 2.45) is 0 Å². The molecule has 13 heteroatoms. The summed E-state index contributed by atoms with van der Waals surface area (Å²) in [7, 11) is 0. The number of aliphatic hydroxyl groups excluding tert-OH is 1. The lowest BCUT2D eigenvalue weighted by Crippen LogP contribution is -2.60. The van der Waals surface area contributed by atoms with Gasteiger partial charge >= 0.3 is 0 Å². The zero-order chi connectivity index (χ0) is 30.6. The highest BCUT2D eigenvalue weighted by Gasteiger charge is 2.34. The molecule has 2 unspecified atom stereocenters. The molecule has 0 aliphatic carbocycles. The van der Waals surface area contributed by atoms with Gasteiger partial charge in [-0.05, 0) is 49.4 Å². The van der Waals surface area contributed by atoms with Gasteiger partial charge in [0.15, 0.2) is 12.0 Å². The largest absolute Gasteiger partial charge is 0.486 e. The van der Waals surface area contributed by atoms with Crippen LogP contribution in [0.25, 0.3) is 11.4 Å². The first kappa shape index (κ1) is 29.7. The fourth-order valence-electron chi connectivity index (χ4n) is 5.91. The number of anilines is 3. The summed E-state index contributed by atoms with van der Waals surface area (Å²) in [5.41, 5.74) is 2.79. The van der Waals surface area contributed by atoms with Gasteiger partial charge in [-0.2, -0.15) is 10.2 Å². The number of hydrogen-bond donors (Lipinski definition) is 2. The van der Waals surface area contributed by atoms with Gasteiger partial charge in [0.05, 0.1) is 31.4 Å². The first-order valence-corrected chi connectivity index (χ1v) is 14.8. The van der Waals surface area contributed by atoms with Crippen LogP contribution in [0.15, 0.2) is 48.8 Å². The van der Waals surface area contributed by atoms with Gasteiger partial charge in [-0.1, -0.05) is 0 Å². The van der Waals surface area contributed by atoms with E-state index in [0.29, 0.717) is 29.4 Å². The van der Waals surface area contributed by atoms with E-state index in [1.807, 2.05) is 12.1 Å². The zero-order valence-corrected chi connectivity index (χ0v) is 24.5. The van der Waals surface area contributed by atoms with Gasteiger partial charge in [0.25, 0.3) is 0 Å². The van der Waals surface area contributed by atoms with Crippen molar-refractivity contribution in [3.8, 4) is 23.2 Å². The van der Waals surface area contributed by atoms with Gasteiger partial charge in [-0.3, -0.25) is 9.69 Å². The SMILES string of the molecule is CC1CN(c2ccc(Nc3ncnc(-c4ccc(O[C@H]5CCN(C(=O)CO)CC5F)c(C#N)c4)n3)cc2)CCN1C1COC1. The molecule has 230 valence electrons. The Bertz CT molecular complexity index is 1520. The smallest absolute Gasteiger partial charge is 0.248 e. The molecule has 0 radical (unpaired) electrons. The number of piperidine rings is 1. The van der Waals surface area contributed by atoms with E-state index >= 15 is 0 Å². The molecule has 6 rings (SSSR count). The first-order chi connectivity index (χ1) is 21.4. The minimum atomic E-state index is -1.45. The molecule has 3 saturated heterocycles. The van der Waals surface area contributed by atoms with Gasteiger partial charge in [0.2, 0.25) is 11.9 Å². The number of halogens is 1. The van der Waals surface area contributed by atoms with Crippen LogP contribution in [0, 0.1) is 11.3 Å². The Hall–Kier alpha value is -4.38. The number of benzene rings is 2. The summed E-state index contributed by atoms with van der Waals surface area (Å²) in [6.45, 7) is 6.34. The maximum atomic E-state index is 14.7. The molecule has 3 aromatic rings. The predicted molar refractivity (Wildman–Crippen MR) is 160 cm³/mol. The van der Waals surface area contributed by atoms with Crippen LogP contribution in [0.5, 0.6) is 5.75 Å². The molecule has 0 saturated carbocycles. The molecule has 4 heterocycles. The van der Waals surface area contributed by atoms with Crippen LogP contribution < -0.4 is 15.0 Å². The van der Waals surface area contributed by atoms with E-state index in [9.17, 15) is 14.4 Å². The Balaban J connectivity index is 1.08. The number of alkyl halides is 1. The molecule has 2 N–H and O–H groups in total. The molecule has 3 aliphatic heterocycles. The maximum absolute atomic E-state index is 14.7. The van der Waals surface area contributed by atoms with E-state index in [2.05, 4.69) is 55.2 Å². The van der Waals surface area contributed by atoms with E-state index in [0.717, 1.165) is 44.2 Å². The molecule has 3 atom stereocenters. The van der Waals surface area contributed by atoms with Gasteiger partial charge in [0.1, 0.15) is 30.9 Å². The number of carbonyl (C=O) groups excluding carboxylic acids is 1. The number of amides is 1. The third-order valence-corrected chi connectivity index (χ3v) is 8.44. The van der Waals surface area contributed by atoms with Crippen LogP contribution in [-0.4, -0.2) is 113 Å². The van der Waals surface area contributed by atoms with Crippen molar-refractivity contribution in [3.05, 3.63) is 54.4 Å². The lowest BCUT2D eigenvalue weighted by Gasteiger charge is -2.47. The van der Waals surface area contributed by atoms with Gasteiger partial charge in [-0.25, -0.2) is 14.4 Å². The van der Waals surface area contributed by atoms with Crippen molar-refractivity contribution in [3.63, 3.8) is 0 Å². The molecule has 3 fully saturated rings. The number of aliphatic hydroxyl groups is 1. The Morgan fingerprint density at radius 2 is 1.98 bits per heavy atom. The fraction of sp³-hybridized carbons (Fsp3) is 0.452. The van der Waals surface area contributed by atoms with E-state index in [-0.39, 0.29) is 30.8 Å². The van der Waals surface area contributed by atoms with E-state index < -0.39 is 24.8 Å². The van der Waals surface area contributed by atoms with Crippen molar-refractivity contribution in [1.82, 2.24) is 24.8 Å². The van der Waals surface area contributed by atoms with Gasteiger partial charge in [0, 0.05) is 55.6 Å². The number of aromatic nitrogens is 3. The van der Waals surface area contributed by atoms with Gasteiger partial charge < -0.3 is 29.7 Å². The monoisotopic (exact) mass is 602 g/mol. The summed E-state index contributed by atoms with van der Waals surface area (Å²) in [5, 5.41) is 22.0. The number of piperazine rings is 1. The van der Waals surface area contributed by atoms with E-state index in [1.165, 1.54) is 11.2 Å². The van der Waals surface area contributed by atoms with Crippen LogP contribution >= 0.6 is 0 Å². The first-order valence-electron chi connectivity index (χ1n) is 14.8. The fourth-order valence-corrected chi connectivity index (χ4v) is 5.91. The molecule has 0 bridgehead atoms. The lowest BCUT2D eigenvalue weighted by atomic mass is 10.0. The summed E-state index contributed by atoms with van der Waals surface area (Å²) < 4.78 is 26.0. The Kier molecular flexibility index (Phi) is 8.83. The van der Waals surface area contributed by atoms with E-state index in [1.54, 1.807) is 18.2 Å². The highest BCUT2D eigenvalue weighted by molar-refractivity contribution is 5.77. The second kappa shape index (κ2) is 13.1.